The summed E-state index contributed by atoms with van der Waals surface area (Å²) in [6.07, 6.45) is 14.1. The second-order valence-electron chi connectivity index (χ2n) is 11.7. The Kier molecular flexibility index (Phi) is 8.46. The van der Waals surface area contributed by atoms with Crippen molar-refractivity contribution in [2.45, 2.75) is 92.2 Å². The van der Waals surface area contributed by atoms with E-state index < -0.39 is 0 Å². The first-order chi connectivity index (χ1) is 18.8. The topological polar surface area (TPSA) is 54.0 Å². The van der Waals surface area contributed by atoms with Gasteiger partial charge in [-0.1, -0.05) is 51.1 Å². The van der Waals surface area contributed by atoms with Gasteiger partial charge in [0.2, 0.25) is 0 Å². The van der Waals surface area contributed by atoms with Crippen LogP contribution in [0.1, 0.15) is 92.8 Å². The lowest BCUT2D eigenvalue weighted by atomic mass is 9.80. The zero-order chi connectivity index (χ0) is 27.5. The first kappa shape index (κ1) is 27.5. The molecule has 0 radical (unpaired) electrons. The molecule has 3 heterocycles. The van der Waals surface area contributed by atoms with Crippen LogP contribution in [0.5, 0.6) is 0 Å². The zero-order valence-electron chi connectivity index (χ0n) is 24.6. The van der Waals surface area contributed by atoms with E-state index in [2.05, 4.69) is 84.0 Å². The van der Waals surface area contributed by atoms with Gasteiger partial charge in [0.05, 0.1) is 17.4 Å². The minimum Gasteiger partial charge on any atom is -0.446 e. The number of fused-ring (bicyclic) bond motifs is 1. The minimum atomic E-state index is 0.229. The number of rotatable bonds is 7. The molecule has 0 spiro atoms. The molecule has 0 bridgehead atoms. The molecule has 1 fully saturated rings. The van der Waals surface area contributed by atoms with E-state index in [9.17, 15) is 0 Å². The van der Waals surface area contributed by atoms with E-state index in [1.54, 1.807) is 6.34 Å². The third-order valence-corrected chi connectivity index (χ3v) is 8.62. The fourth-order valence-corrected chi connectivity index (χ4v) is 6.49. The van der Waals surface area contributed by atoms with Gasteiger partial charge in [-0.05, 0) is 110 Å². The van der Waals surface area contributed by atoms with Gasteiger partial charge >= 0.3 is 0 Å². The van der Waals surface area contributed by atoms with E-state index in [1.165, 1.54) is 46.3 Å². The predicted octanol–water partition coefficient (Wildman–Crippen LogP) is 7.93. The lowest BCUT2D eigenvalue weighted by Crippen LogP contribution is -2.32. The van der Waals surface area contributed by atoms with Crippen LogP contribution in [0, 0.1) is 26.7 Å². The van der Waals surface area contributed by atoms with Crippen molar-refractivity contribution in [2.75, 3.05) is 13.1 Å². The van der Waals surface area contributed by atoms with Crippen molar-refractivity contribution in [3.8, 4) is 0 Å². The quantitative estimate of drug-likeness (QED) is 0.370. The molecule has 39 heavy (non-hydrogen) atoms. The Morgan fingerprint density at radius 1 is 1.08 bits per heavy atom. The molecule has 206 valence electrons. The number of hydrogen-bond donors (Lipinski definition) is 0. The molecule has 1 atom stereocenters. The normalized spacial score (nSPS) is 23.1. The van der Waals surface area contributed by atoms with Gasteiger partial charge in [0.25, 0.3) is 0 Å². The summed E-state index contributed by atoms with van der Waals surface area (Å²) >= 11 is 0. The molecule has 1 aromatic heterocycles. The maximum absolute atomic E-state index is 5.65. The highest BCUT2D eigenvalue weighted by molar-refractivity contribution is 6.06. The number of benzene rings is 1. The second kappa shape index (κ2) is 12.0. The average Bonchev–Trinajstić information content (AvgIpc) is 3.48. The van der Waals surface area contributed by atoms with Gasteiger partial charge in [-0.25, -0.2) is 9.98 Å². The molecule has 0 N–H and O–H groups in total. The van der Waals surface area contributed by atoms with Gasteiger partial charge in [0.1, 0.15) is 12.1 Å². The van der Waals surface area contributed by atoms with E-state index in [-0.39, 0.29) is 6.04 Å². The second-order valence-corrected chi connectivity index (χ2v) is 11.7. The van der Waals surface area contributed by atoms with Crippen molar-refractivity contribution in [3.05, 3.63) is 81.6 Å². The summed E-state index contributed by atoms with van der Waals surface area (Å²) in [6.45, 7) is 16.3. The summed E-state index contributed by atoms with van der Waals surface area (Å²) < 4.78 is 5.65. The van der Waals surface area contributed by atoms with E-state index >= 15 is 0 Å². The van der Waals surface area contributed by atoms with Crippen LogP contribution in [0.15, 0.2) is 62.0 Å². The van der Waals surface area contributed by atoms with Gasteiger partial charge in [-0.2, -0.15) is 0 Å². The molecule has 0 amide bonds. The lowest BCUT2D eigenvalue weighted by molar-refractivity contribution is 0.202. The molecule has 5 rings (SSSR count). The molecule has 0 saturated carbocycles. The summed E-state index contributed by atoms with van der Waals surface area (Å²) in [6, 6.07) is 7.48. The van der Waals surface area contributed by atoms with Crippen LogP contribution in [0.2, 0.25) is 0 Å². The van der Waals surface area contributed by atoms with Crippen LogP contribution < -0.4 is 0 Å². The minimum absolute atomic E-state index is 0.229. The molecule has 1 aliphatic carbocycles. The highest BCUT2D eigenvalue weighted by Crippen LogP contribution is 2.38. The standard InChI is InChI=1S/C34H44N4O/c1-7-29(27-9-8-10-31-32(14-13-27)36-21-35-31)34(22(2)3)30-19-28(12-11-23(30)4)26-15-17-38(18-16-26)20-33-24(5)39-25(6)37-33/h9,11-14,19,21-22,26,31H,7-8,10,15-18,20H2,1-6H3/b14-13-,27-9+,34-29+. The van der Waals surface area contributed by atoms with Gasteiger partial charge < -0.3 is 4.42 Å². The Bertz CT molecular complexity index is 1350. The monoisotopic (exact) mass is 524 g/mol. The Morgan fingerprint density at radius 2 is 1.87 bits per heavy atom. The third-order valence-electron chi connectivity index (χ3n) is 8.62. The van der Waals surface area contributed by atoms with E-state index in [1.807, 2.05) is 13.8 Å². The average molecular weight is 525 g/mol. The number of piperidine rings is 1. The highest BCUT2D eigenvalue weighted by Gasteiger charge is 2.25. The smallest absolute Gasteiger partial charge is 0.191 e. The fourth-order valence-electron chi connectivity index (χ4n) is 6.49. The molecule has 1 saturated heterocycles. The highest BCUT2D eigenvalue weighted by atomic mass is 16.4. The Hall–Kier alpha value is -3.05. The summed E-state index contributed by atoms with van der Waals surface area (Å²) in [5.74, 6) is 2.75. The zero-order valence-corrected chi connectivity index (χ0v) is 24.6. The number of hydrogen-bond acceptors (Lipinski definition) is 5. The summed E-state index contributed by atoms with van der Waals surface area (Å²) in [5.41, 5.74) is 10.8. The Balaban J connectivity index is 1.39. The number of aromatic nitrogens is 1. The first-order valence-corrected chi connectivity index (χ1v) is 14.8. The predicted molar refractivity (Wildman–Crippen MR) is 163 cm³/mol. The number of nitrogens with zero attached hydrogens (tertiary/aromatic N) is 4. The van der Waals surface area contributed by atoms with Gasteiger partial charge in [-0.15, -0.1) is 0 Å². The molecule has 5 heteroatoms. The maximum Gasteiger partial charge on any atom is 0.191 e. The van der Waals surface area contributed by atoms with Crippen LogP contribution >= 0.6 is 0 Å². The van der Waals surface area contributed by atoms with Crippen molar-refractivity contribution < 1.29 is 4.42 Å². The molecular formula is C34H44N4O. The number of aliphatic imine (C=N–C) groups is 2. The maximum atomic E-state index is 5.65. The van der Waals surface area contributed by atoms with Gasteiger partial charge in [0, 0.05) is 13.5 Å². The molecule has 5 nitrogen and oxygen atoms in total. The Labute approximate surface area is 234 Å². The molecule has 2 aliphatic heterocycles. The van der Waals surface area contributed by atoms with Crippen molar-refractivity contribution in [3.63, 3.8) is 0 Å². The summed E-state index contributed by atoms with van der Waals surface area (Å²) in [4.78, 5) is 16.2. The van der Waals surface area contributed by atoms with Gasteiger partial charge in [-0.3, -0.25) is 9.89 Å². The molecule has 2 aromatic rings. The van der Waals surface area contributed by atoms with Crippen LogP contribution in [0.3, 0.4) is 0 Å². The van der Waals surface area contributed by atoms with Crippen molar-refractivity contribution >= 4 is 17.6 Å². The van der Waals surface area contributed by atoms with E-state index in [4.69, 9.17) is 4.42 Å². The van der Waals surface area contributed by atoms with Gasteiger partial charge in [0.15, 0.2) is 5.89 Å². The molecular weight excluding hydrogens is 480 g/mol. The van der Waals surface area contributed by atoms with Crippen molar-refractivity contribution in [1.29, 1.82) is 0 Å². The number of aryl methyl sites for hydroxylation is 3. The number of likely N-dealkylation sites (tertiary alicyclic amines) is 1. The number of allylic oxidation sites excluding steroid dienone is 5. The van der Waals surface area contributed by atoms with E-state index in [0.717, 1.165) is 62.0 Å². The lowest BCUT2D eigenvalue weighted by Gasteiger charge is -2.32. The van der Waals surface area contributed by atoms with Crippen molar-refractivity contribution in [1.82, 2.24) is 9.88 Å². The van der Waals surface area contributed by atoms with Crippen LogP contribution in [0.4, 0.5) is 0 Å². The first-order valence-electron chi connectivity index (χ1n) is 14.8. The van der Waals surface area contributed by atoms with Crippen LogP contribution in [0.25, 0.3) is 5.57 Å². The fraction of sp³-hybridized carbons (Fsp3) is 0.500. The summed E-state index contributed by atoms with van der Waals surface area (Å²) in [5, 5.41) is 0. The molecule has 3 aliphatic rings. The summed E-state index contributed by atoms with van der Waals surface area (Å²) in [7, 11) is 0. The van der Waals surface area contributed by atoms with E-state index in [0.29, 0.717) is 11.8 Å². The third kappa shape index (κ3) is 6.09. The SMILES string of the molecule is CCC(/C1=C/CCC2N=CN=C2/C=C\1)=C(\c1cc(C2CCN(Cc3nc(C)oc3C)CC2)ccc1C)C(C)C. The van der Waals surface area contributed by atoms with Crippen LogP contribution in [-0.4, -0.2) is 41.1 Å². The largest absolute Gasteiger partial charge is 0.446 e. The number of oxazole rings is 1. The molecule has 1 unspecified atom stereocenters. The van der Waals surface area contributed by atoms with Crippen LogP contribution in [-0.2, 0) is 6.54 Å². The molecule has 1 aromatic carbocycles. The van der Waals surface area contributed by atoms with Crippen molar-refractivity contribution in [2.24, 2.45) is 15.9 Å². The Morgan fingerprint density at radius 3 is 2.56 bits per heavy atom.